The van der Waals surface area contributed by atoms with E-state index < -0.39 is 5.92 Å². The van der Waals surface area contributed by atoms with E-state index in [4.69, 9.17) is 27.9 Å². The van der Waals surface area contributed by atoms with Gasteiger partial charge in [0.1, 0.15) is 0 Å². The number of benzene rings is 1. The summed E-state index contributed by atoms with van der Waals surface area (Å²) in [6, 6.07) is 5.22. The molecule has 0 saturated carbocycles. The number of halogens is 2. The lowest BCUT2D eigenvalue weighted by atomic mass is 9.94. The fourth-order valence-corrected chi connectivity index (χ4v) is 3.55. The van der Waals surface area contributed by atoms with Gasteiger partial charge < -0.3 is 9.64 Å². The number of nitrogens with zero attached hydrogens (tertiary/aromatic N) is 1. The zero-order chi connectivity index (χ0) is 16.3. The average Bonchev–Trinajstić information content (AvgIpc) is 2.53. The topological polar surface area (TPSA) is 46.6 Å². The van der Waals surface area contributed by atoms with Crippen LogP contribution in [0, 0.1) is 5.92 Å². The number of carbonyl (C=O) groups excluding carboxylic acids is 2. The number of likely N-dealkylation sites (tertiary alicyclic amines) is 1. The van der Waals surface area contributed by atoms with Gasteiger partial charge in [0.2, 0.25) is 5.91 Å². The molecule has 1 aliphatic rings. The number of carbonyl (C=O) groups is 2. The molecular weight excluding hydrogens is 325 g/mol. The third kappa shape index (κ3) is 3.55. The van der Waals surface area contributed by atoms with Crippen molar-refractivity contribution in [2.45, 2.75) is 25.7 Å². The minimum atomic E-state index is -0.407. The van der Waals surface area contributed by atoms with E-state index in [1.807, 2.05) is 6.92 Å². The predicted octanol–water partition coefficient (Wildman–Crippen LogP) is 3.51. The van der Waals surface area contributed by atoms with E-state index in [0.717, 1.165) is 0 Å². The van der Waals surface area contributed by atoms with Crippen molar-refractivity contribution in [1.29, 1.82) is 0 Å². The maximum atomic E-state index is 12.6. The molecule has 4 nitrogen and oxygen atoms in total. The molecular formula is C16H19Cl2NO3. The Morgan fingerprint density at radius 3 is 2.27 bits per heavy atom. The molecule has 1 amide bonds. The molecule has 22 heavy (non-hydrogen) atoms. The Hall–Kier alpha value is -1.26. The van der Waals surface area contributed by atoms with Gasteiger partial charge in [0.25, 0.3) is 0 Å². The molecule has 0 N–H and O–H groups in total. The molecule has 1 saturated heterocycles. The first-order valence-corrected chi connectivity index (χ1v) is 8.01. The van der Waals surface area contributed by atoms with E-state index >= 15 is 0 Å². The molecule has 1 aromatic rings. The normalized spacial score (nSPS) is 17.2. The lowest BCUT2D eigenvalue weighted by Gasteiger charge is -2.32. The molecule has 0 aliphatic carbocycles. The van der Waals surface area contributed by atoms with E-state index in [0.29, 0.717) is 41.5 Å². The number of hydrogen-bond donors (Lipinski definition) is 0. The third-order valence-electron chi connectivity index (χ3n) is 4.14. The van der Waals surface area contributed by atoms with E-state index in [1.165, 1.54) is 7.11 Å². The van der Waals surface area contributed by atoms with Crippen LogP contribution in [-0.4, -0.2) is 37.0 Å². The SMILES string of the molecule is COC(=O)C1CCN(C(=O)[C@H](C)c2c(Cl)cccc2Cl)CC1. The second kappa shape index (κ2) is 7.34. The van der Waals surface area contributed by atoms with Crippen LogP contribution in [-0.2, 0) is 14.3 Å². The quantitative estimate of drug-likeness (QED) is 0.789. The van der Waals surface area contributed by atoms with Crippen LogP contribution in [0.4, 0.5) is 0 Å². The number of methoxy groups -OCH3 is 1. The number of rotatable bonds is 3. The van der Waals surface area contributed by atoms with Gasteiger partial charge in [0, 0.05) is 28.7 Å². The van der Waals surface area contributed by atoms with Crippen molar-refractivity contribution >= 4 is 35.1 Å². The zero-order valence-electron chi connectivity index (χ0n) is 12.6. The summed E-state index contributed by atoms with van der Waals surface area (Å²) in [4.78, 5) is 25.9. The van der Waals surface area contributed by atoms with Crippen LogP contribution < -0.4 is 0 Å². The molecule has 120 valence electrons. The van der Waals surface area contributed by atoms with E-state index in [2.05, 4.69) is 0 Å². The summed E-state index contributed by atoms with van der Waals surface area (Å²) in [6.07, 6.45) is 1.25. The molecule has 0 spiro atoms. The highest BCUT2D eigenvalue weighted by atomic mass is 35.5. The van der Waals surface area contributed by atoms with Crippen molar-refractivity contribution in [2.75, 3.05) is 20.2 Å². The van der Waals surface area contributed by atoms with Gasteiger partial charge in [0.15, 0.2) is 0 Å². The summed E-state index contributed by atoms with van der Waals surface area (Å²) >= 11 is 12.3. The zero-order valence-corrected chi connectivity index (χ0v) is 14.2. The summed E-state index contributed by atoms with van der Waals surface area (Å²) < 4.78 is 4.76. The fraction of sp³-hybridized carbons (Fsp3) is 0.500. The third-order valence-corrected chi connectivity index (χ3v) is 4.80. The first-order chi connectivity index (χ1) is 10.5. The van der Waals surface area contributed by atoms with Gasteiger partial charge in [-0.15, -0.1) is 0 Å². The van der Waals surface area contributed by atoms with E-state index in [9.17, 15) is 9.59 Å². The number of amides is 1. The van der Waals surface area contributed by atoms with Crippen molar-refractivity contribution < 1.29 is 14.3 Å². The lowest BCUT2D eigenvalue weighted by molar-refractivity contribution is -0.149. The Bertz CT molecular complexity index is 548. The molecule has 1 heterocycles. The van der Waals surface area contributed by atoms with E-state index in [-0.39, 0.29) is 17.8 Å². The van der Waals surface area contributed by atoms with Crippen molar-refractivity contribution in [3.63, 3.8) is 0 Å². The molecule has 1 aromatic carbocycles. The molecule has 0 aromatic heterocycles. The van der Waals surface area contributed by atoms with Crippen molar-refractivity contribution in [3.8, 4) is 0 Å². The van der Waals surface area contributed by atoms with Gasteiger partial charge in [-0.3, -0.25) is 9.59 Å². The van der Waals surface area contributed by atoms with Crippen LogP contribution in [0.1, 0.15) is 31.2 Å². The Balaban J connectivity index is 2.05. The molecule has 0 unspecified atom stereocenters. The summed E-state index contributed by atoms with van der Waals surface area (Å²) in [5.74, 6) is -0.739. The number of ether oxygens (including phenoxy) is 1. The minimum Gasteiger partial charge on any atom is -0.469 e. The van der Waals surface area contributed by atoms with Gasteiger partial charge in [-0.05, 0) is 31.9 Å². The standard InChI is InChI=1S/C16H19Cl2NO3/c1-10(14-12(17)4-3-5-13(14)18)15(20)19-8-6-11(7-9-19)16(21)22-2/h3-5,10-11H,6-9H2,1-2H3/t10-/m1/s1. The number of esters is 1. The summed E-state index contributed by atoms with van der Waals surface area (Å²) in [7, 11) is 1.39. The number of piperidine rings is 1. The van der Waals surface area contributed by atoms with Gasteiger partial charge in [0.05, 0.1) is 18.9 Å². The highest BCUT2D eigenvalue weighted by Gasteiger charge is 2.31. The maximum Gasteiger partial charge on any atom is 0.308 e. The fourth-order valence-electron chi connectivity index (χ4n) is 2.82. The van der Waals surface area contributed by atoms with Crippen LogP contribution >= 0.6 is 23.2 Å². The van der Waals surface area contributed by atoms with Crippen LogP contribution in [0.25, 0.3) is 0 Å². The highest BCUT2D eigenvalue weighted by Crippen LogP contribution is 2.33. The van der Waals surface area contributed by atoms with Gasteiger partial charge in [-0.1, -0.05) is 29.3 Å². The molecule has 1 atom stereocenters. The van der Waals surface area contributed by atoms with Gasteiger partial charge in [-0.25, -0.2) is 0 Å². The molecule has 1 aliphatic heterocycles. The van der Waals surface area contributed by atoms with E-state index in [1.54, 1.807) is 23.1 Å². The van der Waals surface area contributed by atoms with Crippen molar-refractivity contribution in [1.82, 2.24) is 4.90 Å². The minimum absolute atomic E-state index is 0.0154. The highest BCUT2D eigenvalue weighted by molar-refractivity contribution is 6.36. The molecule has 6 heteroatoms. The predicted molar refractivity (Wildman–Crippen MR) is 86.2 cm³/mol. The molecule has 0 radical (unpaired) electrons. The Morgan fingerprint density at radius 2 is 1.77 bits per heavy atom. The molecule has 1 fully saturated rings. The monoisotopic (exact) mass is 343 g/mol. The Morgan fingerprint density at radius 1 is 1.23 bits per heavy atom. The average molecular weight is 344 g/mol. The lowest BCUT2D eigenvalue weighted by Crippen LogP contribution is -2.42. The Kier molecular flexibility index (Phi) is 5.70. The first-order valence-electron chi connectivity index (χ1n) is 7.26. The Labute approximate surface area is 140 Å². The first kappa shape index (κ1) is 17.1. The number of hydrogen-bond acceptors (Lipinski definition) is 3. The van der Waals surface area contributed by atoms with Crippen LogP contribution in [0.15, 0.2) is 18.2 Å². The smallest absolute Gasteiger partial charge is 0.308 e. The molecule has 0 bridgehead atoms. The van der Waals surface area contributed by atoms with Crippen molar-refractivity contribution in [2.24, 2.45) is 5.92 Å². The maximum absolute atomic E-state index is 12.6. The molecule has 2 rings (SSSR count). The second-order valence-corrected chi connectivity index (χ2v) is 6.29. The van der Waals surface area contributed by atoms with Crippen molar-refractivity contribution in [3.05, 3.63) is 33.8 Å². The summed E-state index contributed by atoms with van der Waals surface area (Å²) in [5.41, 5.74) is 0.658. The largest absolute Gasteiger partial charge is 0.469 e. The summed E-state index contributed by atoms with van der Waals surface area (Å²) in [5, 5.41) is 0.996. The van der Waals surface area contributed by atoms with Gasteiger partial charge in [-0.2, -0.15) is 0 Å². The van der Waals surface area contributed by atoms with Crippen LogP contribution in [0.5, 0.6) is 0 Å². The van der Waals surface area contributed by atoms with Crippen LogP contribution in [0.2, 0.25) is 10.0 Å². The second-order valence-electron chi connectivity index (χ2n) is 5.48. The van der Waals surface area contributed by atoms with Gasteiger partial charge >= 0.3 is 5.97 Å². The van der Waals surface area contributed by atoms with Crippen LogP contribution in [0.3, 0.4) is 0 Å². The summed E-state index contributed by atoms with van der Waals surface area (Å²) in [6.45, 7) is 2.90.